The molecule has 206 valence electrons. The Kier molecular flexibility index (Phi) is 6.93. The zero-order valence-corrected chi connectivity index (χ0v) is 21.7. The van der Waals surface area contributed by atoms with Crippen LogP contribution in [0.3, 0.4) is 0 Å². The van der Waals surface area contributed by atoms with Crippen LogP contribution >= 0.6 is 0 Å². The van der Waals surface area contributed by atoms with Crippen LogP contribution in [0.25, 0.3) is 33.6 Å². The van der Waals surface area contributed by atoms with E-state index >= 15 is 4.39 Å². The van der Waals surface area contributed by atoms with Crippen LogP contribution in [0, 0.1) is 5.82 Å². The first-order chi connectivity index (χ1) is 19.4. The lowest BCUT2D eigenvalue weighted by Gasteiger charge is -2.32. The number of fused-ring (bicyclic) bond motifs is 1. The first-order valence-electron chi connectivity index (χ1n) is 13.1. The maximum atomic E-state index is 15.5. The molecule has 4 aromatic heterocycles. The second-order valence-corrected chi connectivity index (χ2v) is 9.77. The van der Waals surface area contributed by atoms with E-state index < -0.39 is 18.1 Å². The predicted molar refractivity (Wildman–Crippen MR) is 141 cm³/mol. The Morgan fingerprint density at radius 3 is 2.67 bits per heavy atom. The lowest BCUT2D eigenvalue weighted by molar-refractivity contribution is 0.116. The number of rotatable bonds is 7. The summed E-state index contributed by atoms with van der Waals surface area (Å²) < 4.78 is 49.4. The molecular weight excluding hydrogens is 523 g/mol. The summed E-state index contributed by atoms with van der Waals surface area (Å²) in [7, 11) is 0. The van der Waals surface area contributed by atoms with Gasteiger partial charge in [0, 0.05) is 42.3 Å². The molecule has 1 atom stereocenters. The number of benzene rings is 1. The largest absolute Gasteiger partial charge is 0.415 e. The van der Waals surface area contributed by atoms with Crippen LogP contribution in [-0.2, 0) is 6.54 Å². The van der Waals surface area contributed by atoms with Gasteiger partial charge in [-0.3, -0.25) is 19.1 Å². The third-order valence-electron chi connectivity index (χ3n) is 7.34. The molecule has 0 bridgehead atoms. The van der Waals surface area contributed by atoms with Crippen LogP contribution in [0.1, 0.15) is 43.8 Å². The van der Waals surface area contributed by atoms with Gasteiger partial charge in [0.25, 0.3) is 5.89 Å². The summed E-state index contributed by atoms with van der Waals surface area (Å²) in [6.07, 6.45) is 3.58. The molecule has 40 heavy (non-hydrogen) atoms. The van der Waals surface area contributed by atoms with Gasteiger partial charge in [-0.2, -0.15) is 8.78 Å². The van der Waals surface area contributed by atoms with Crippen molar-refractivity contribution in [2.24, 2.45) is 0 Å². The fraction of sp³-hybridized carbons (Fsp3) is 0.321. The molecule has 6 rings (SSSR count). The molecular formula is C28H26F3N7O2. The molecule has 1 saturated heterocycles. The molecule has 0 N–H and O–H groups in total. The van der Waals surface area contributed by atoms with Crippen molar-refractivity contribution in [1.29, 1.82) is 0 Å². The highest BCUT2D eigenvalue weighted by atomic mass is 19.3. The zero-order chi connectivity index (χ0) is 27.8. The number of imidazole rings is 1. The highest BCUT2D eigenvalue weighted by molar-refractivity contribution is 5.83. The number of hydrogen-bond acceptors (Lipinski definition) is 7. The van der Waals surface area contributed by atoms with Gasteiger partial charge >= 0.3 is 12.1 Å². The molecule has 5 heterocycles. The van der Waals surface area contributed by atoms with Crippen molar-refractivity contribution in [3.05, 3.63) is 82.9 Å². The second-order valence-electron chi connectivity index (χ2n) is 9.77. The van der Waals surface area contributed by atoms with E-state index in [-0.39, 0.29) is 24.2 Å². The fourth-order valence-corrected chi connectivity index (χ4v) is 5.32. The van der Waals surface area contributed by atoms with Gasteiger partial charge in [-0.25, -0.2) is 9.18 Å². The van der Waals surface area contributed by atoms with Crippen LogP contribution in [0.4, 0.5) is 13.2 Å². The molecule has 0 aliphatic carbocycles. The first kappa shape index (κ1) is 25.9. The SMILES string of the molecule is CCN1CCC[C@H](n2c(=O)n(Cc3ccc(-c4nnc(C(F)F)o4)cn3)c3cc(F)c(-c4cccnc4)cc32)C1. The number of likely N-dealkylation sites (tertiary alicyclic amines) is 1. The number of halogens is 3. The third kappa shape index (κ3) is 4.79. The average molecular weight is 550 g/mol. The molecule has 0 unspecified atom stereocenters. The highest BCUT2D eigenvalue weighted by Gasteiger charge is 2.27. The number of likely N-dealkylation sites (N-methyl/N-ethyl adjacent to an activating group) is 1. The Morgan fingerprint density at radius 2 is 1.98 bits per heavy atom. The van der Waals surface area contributed by atoms with Crippen LogP contribution in [0.5, 0.6) is 0 Å². The minimum atomic E-state index is -2.87. The van der Waals surface area contributed by atoms with Gasteiger partial charge < -0.3 is 9.32 Å². The van der Waals surface area contributed by atoms with E-state index in [1.54, 1.807) is 47.3 Å². The minimum absolute atomic E-state index is 0.0611. The molecule has 0 radical (unpaired) electrons. The van der Waals surface area contributed by atoms with E-state index in [4.69, 9.17) is 4.42 Å². The van der Waals surface area contributed by atoms with E-state index in [0.717, 1.165) is 32.5 Å². The molecule has 0 spiro atoms. The second kappa shape index (κ2) is 10.7. The maximum absolute atomic E-state index is 15.5. The van der Waals surface area contributed by atoms with E-state index in [1.807, 2.05) is 0 Å². The van der Waals surface area contributed by atoms with E-state index in [9.17, 15) is 13.6 Å². The molecule has 0 amide bonds. The molecule has 12 heteroatoms. The van der Waals surface area contributed by atoms with Crippen molar-refractivity contribution in [2.75, 3.05) is 19.6 Å². The normalized spacial score (nSPS) is 16.3. The van der Waals surface area contributed by atoms with E-state index in [2.05, 4.69) is 32.0 Å². The standard InChI is InChI=1S/C28H26F3N7O2/c1-2-36-10-4-6-20(16-36)38-24-11-21(17-5-3-9-32-13-17)22(29)12-23(24)37(28(38)39)15-19-8-7-18(14-33-19)26-34-35-27(40-26)25(30)31/h3,5,7-9,11-14,20,25H,2,4,6,10,15-16H2,1H3/t20-/m0/s1. The molecule has 1 fully saturated rings. The number of piperidine rings is 1. The number of hydrogen-bond donors (Lipinski definition) is 0. The molecule has 1 aromatic carbocycles. The first-order valence-corrected chi connectivity index (χ1v) is 13.1. The summed E-state index contributed by atoms with van der Waals surface area (Å²) >= 11 is 0. The van der Waals surface area contributed by atoms with Crippen molar-refractivity contribution in [2.45, 2.75) is 38.8 Å². The number of nitrogens with zero attached hydrogens (tertiary/aromatic N) is 7. The number of pyridine rings is 2. The van der Waals surface area contributed by atoms with E-state index in [0.29, 0.717) is 33.4 Å². The van der Waals surface area contributed by atoms with Gasteiger partial charge in [0.1, 0.15) is 5.82 Å². The van der Waals surface area contributed by atoms with Gasteiger partial charge in [0.05, 0.1) is 34.9 Å². The van der Waals surface area contributed by atoms with Gasteiger partial charge in [-0.1, -0.05) is 13.0 Å². The molecule has 1 aliphatic heterocycles. The molecule has 5 aromatic rings. The summed E-state index contributed by atoms with van der Waals surface area (Å²) in [6.45, 7) is 4.78. The summed E-state index contributed by atoms with van der Waals surface area (Å²) in [5.41, 5.74) is 2.76. The van der Waals surface area contributed by atoms with Crippen LogP contribution in [0.2, 0.25) is 0 Å². The lowest BCUT2D eigenvalue weighted by Crippen LogP contribution is -2.40. The van der Waals surface area contributed by atoms with Gasteiger partial charge in [-0.05, 0) is 50.2 Å². The van der Waals surface area contributed by atoms with Crippen LogP contribution in [0.15, 0.2) is 64.2 Å². The summed E-state index contributed by atoms with van der Waals surface area (Å²) in [6, 6.07) is 9.86. The maximum Gasteiger partial charge on any atom is 0.329 e. The highest BCUT2D eigenvalue weighted by Crippen LogP contribution is 2.31. The Hall–Kier alpha value is -4.32. The Bertz CT molecular complexity index is 1700. The van der Waals surface area contributed by atoms with Gasteiger partial charge in [-0.15, -0.1) is 10.2 Å². The smallest absolute Gasteiger partial charge is 0.329 e. The van der Waals surface area contributed by atoms with Crippen molar-refractivity contribution in [3.63, 3.8) is 0 Å². The summed E-state index contributed by atoms with van der Waals surface area (Å²) in [5, 5.41) is 6.98. The molecule has 1 aliphatic rings. The third-order valence-corrected chi connectivity index (χ3v) is 7.34. The molecule has 0 saturated carbocycles. The van der Waals surface area contributed by atoms with E-state index in [1.165, 1.54) is 16.8 Å². The van der Waals surface area contributed by atoms with Crippen LogP contribution < -0.4 is 5.69 Å². The monoisotopic (exact) mass is 549 g/mol. The Morgan fingerprint density at radius 1 is 1.10 bits per heavy atom. The fourth-order valence-electron chi connectivity index (χ4n) is 5.32. The molecule has 9 nitrogen and oxygen atoms in total. The van der Waals surface area contributed by atoms with Gasteiger partial charge in [0.15, 0.2) is 0 Å². The Labute approximate surface area is 226 Å². The quantitative estimate of drug-likeness (QED) is 0.279. The lowest BCUT2D eigenvalue weighted by atomic mass is 10.0. The summed E-state index contributed by atoms with van der Waals surface area (Å²) in [5.74, 6) is -1.30. The number of aromatic nitrogens is 6. The summed E-state index contributed by atoms with van der Waals surface area (Å²) in [4.78, 5) is 24.8. The minimum Gasteiger partial charge on any atom is -0.415 e. The number of alkyl halides is 2. The predicted octanol–water partition coefficient (Wildman–Crippen LogP) is 5.09. The van der Waals surface area contributed by atoms with Crippen molar-refractivity contribution >= 4 is 11.0 Å². The van der Waals surface area contributed by atoms with Crippen molar-refractivity contribution < 1.29 is 17.6 Å². The topological polar surface area (TPSA) is 94.9 Å². The van der Waals surface area contributed by atoms with Crippen molar-refractivity contribution in [1.82, 2.24) is 34.2 Å². The Balaban J connectivity index is 1.42. The average Bonchev–Trinajstić information content (AvgIpc) is 3.57. The van der Waals surface area contributed by atoms with Crippen molar-refractivity contribution in [3.8, 4) is 22.6 Å². The zero-order valence-electron chi connectivity index (χ0n) is 21.7. The van der Waals surface area contributed by atoms with Gasteiger partial charge in [0.2, 0.25) is 5.89 Å². The van der Waals surface area contributed by atoms with Crippen LogP contribution in [-0.4, -0.2) is 53.8 Å².